The minimum Gasteiger partial charge on any atom is -0.356 e. The maximum atomic E-state index is 12.4. The topological polar surface area (TPSA) is 59.3 Å². The zero-order valence-electron chi connectivity index (χ0n) is 18.4. The summed E-state index contributed by atoms with van der Waals surface area (Å²) < 4.78 is 1.92. The number of hydrogen-bond acceptors (Lipinski definition) is 3. The Morgan fingerprint density at radius 2 is 1.58 bits per heavy atom. The number of hydrogen-bond donors (Lipinski definition) is 1. The molecule has 0 aliphatic carbocycles. The highest BCUT2D eigenvalue weighted by Gasteiger charge is 2.18. The second-order valence-corrected chi connectivity index (χ2v) is 7.91. The average Bonchev–Trinajstić information content (AvgIpc) is 3.11. The third-order valence-electron chi connectivity index (χ3n) is 5.74. The number of fused-ring (bicyclic) bond motifs is 1. The number of benzene rings is 2. The lowest BCUT2D eigenvalue weighted by Crippen LogP contribution is -2.26. The Morgan fingerprint density at radius 3 is 2.29 bits per heavy atom. The summed E-state index contributed by atoms with van der Waals surface area (Å²) in [6.45, 7) is 6.75. The molecule has 4 rings (SSSR count). The van der Waals surface area contributed by atoms with E-state index >= 15 is 0 Å². The number of rotatable bonds is 7. The van der Waals surface area contributed by atoms with Gasteiger partial charge in [-0.3, -0.25) is 4.79 Å². The first kappa shape index (κ1) is 20.8. The molecule has 2 aromatic carbocycles. The standard InChI is InChI=1S/C26H28N4O/c1-18-23(14-15-24(31)27-17-16-21-10-6-4-7-11-21)20(3)30-26(28-18)25(19(2)29-30)22-12-8-5-9-13-22/h4-13H,14-17H2,1-3H3,(H,27,31). The Kier molecular flexibility index (Phi) is 6.12. The summed E-state index contributed by atoms with van der Waals surface area (Å²) in [5.41, 5.74) is 8.33. The number of aromatic nitrogens is 3. The van der Waals surface area contributed by atoms with Crippen molar-refractivity contribution in [1.29, 1.82) is 0 Å². The van der Waals surface area contributed by atoms with Crippen molar-refractivity contribution in [1.82, 2.24) is 19.9 Å². The third-order valence-corrected chi connectivity index (χ3v) is 5.74. The lowest BCUT2D eigenvalue weighted by atomic mass is 10.0. The van der Waals surface area contributed by atoms with E-state index in [-0.39, 0.29) is 5.91 Å². The monoisotopic (exact) mass is 412 g/mol. The zero-order valence-corrected chi connectivity index (χ0v) is 18.4. The minimum absolute atomic E-state index is 0.0662. The molecule has 0 unspecified atom stereocenters. The van der Waals surface area contributed by atoms with Gasteiger partial charge in [-0.1, -0.05) is 60.7 Å². The van der Waals surface area contributed by atoms with Crippen LogP contribution in [-0.2, 0) is 17.6 Å². The first-order valence-corrected chi connectivity index (χ1v) is 10.8. The van der Waals surface area contributed by atoms with Crippen LogP contribution in [0.25, 0.3) is 16.8 Å². The second-order valence-electron chi connectivity index (χ2n) is 7.91. The van der Waals surface area contributed by atoms with Gasteiger partial charge in [0.25, 0.3) is 0 Å². The lowest BCUT2D eigenvalue weighted by molar-refractivity contribution is -0.121. The minimum atomic E-state index is 0.0662. The van der Waals surface area contributed by atoms with Crippen LogP contribution in [0.2, 0.25) is 0 Å². The fourth-order valence-electron chi connectivity index (χ4n) is 4.09. The largest absolute Gasteiger partial charge is 0.356 e. The van der Waals surface area contributed by atoms with E-state index in [1.165, 1.54) is 5.56 Å². The second kappa shape index (κ2) is 9.13. The number of carbonyl (C=O) groups is 1. The van der Waals surface area contributed by atoms with E-state index in [2.05, 4.69) is 36.5 Å². The highest BCUT2D eigenvalue weighted by atomic mass is 16.1. The van der Waals surface area contributed by atoms with Crippen molar-refractivity contribution in [3.8, 4) is 11.1 Å². The predicted molar refractivity (Wildman–Crippen MR) is 124 cm³/mol. The predicted octanol–water partition coefficient (Wildman–Crippen LogP) is 4.61. The lowest BCUT2D eigenvalue weighted by Gasteiger charge is -2.12. The van der Waals surface area contributed by atoms with Crippen LogP contribution in [0.1, 0.15) is 34.6 Å². The van der Waals surface area contributed by atoms with Crippen LogP contribution in [0.3, 0.4) is 0 Å². The molecule has 1 amide bonds. The van der Waals surface area contributed by atoms with Crippen LogP contribution in [0, 0.1) is 20.8 Å². The van der Waals surface area contributed by atoms with Gasteiger partial charge in [0, 0.05) is 29.9 Å². The summed E-state index contributed by atoms with van der Waals surface area (Å²) in [7, 11) is 0. The first-order chi connectivity index (χ1) is 15.0. The van der Waals surface area contributed by atoms with Crippen molar-refractivity contribution in [2.75, 3.05) is 6.54 Å². The summed E-state index contributed by atoms with van der Waals surface area (Å²) in [5.74, 6) is 0.0662. The van der Waals surface area contributed by atoms with E-state index in [0.717, 1.165) is 45.8 Å². The van der Waals surface area contributed by atoms with E-state index in [1.54, 1.807) is 0 Å². The maximum absolute atomic E-state index is 12.4. The van der Waals surface area contributed by atoms with Crippen molar-refractivity contribution in [2.24, 2.45) is 0 Å². The number of carbonyl (C=O) groups excluding carboxylic acids is 1. The number of aryl methyl sites for hydroxylation is 3. The average molecular weight is 413 g/mol. The van der Waals surface area contributed by atoms with Crippen molar-refractivity contribution in [2.45, 2.75) is 40.0 Å². The van der Waals surface area contributed by atoms with Crippen molar-refractivity contribution >= 4 is 11.6 Å². The van der Waals surface area contributed by atoms with E-state index in [0.29, 0.717) is 19.4 Å². The van der Waals surface area contributed by atoms with Gasteiger partial charge in [0.05, 0.1) is 5.69 Å². The molecule has 2 aromatic heterocycles. The maximum Gasteiger partial charge on any atom is 0.220 e. The highest BCUT2D eigenvalue weighted by molar-refractivity contribution is 5.80. The Balaban J connectivity index is 1.48. The number of amides is 1. The van der Waals surface area contributed by atoms with Gasteiger partial charge >= 0.3 is 0 Å². The van der Waals surface area contributed by atoms with E-state index < -0.39 is 0 Å². The van der Waals surface area contributed by atoms with Gasteiger partial charge in [0.1, 0.15) is 0 Å². The molecule has 4 aromatic rings. The van der Waals surface area contributed by atoms with Crippen molar-refractivity contribution in [3.05, 3.63) is 88.9 Å². The van der Waals surface area contributed by atoms with Crippen LogP contribution >= 0.6 is 0 Å². The van der Waals surface area contributed by atoms with Gasteiger partial charge in [-0.25, -0.2) is 9.50 Å². The van der Waals surface area contributed by atoms with Crippen LogP contribution < -0.4 is 5.32 Å². The molecule has 5 nitrogen and oxygen atoms in total. The molecule has 158 valence electrons. The summed E-state index contributed by atoms with van der Waals surface area (Å²) in [6, 6.07) is 20.4. The molecule has 0 atom stereocenters. The van der Waals surface area contributed by atoms with Crippen molar-refractivity contribution < 1.29 is 4.79 Å². The Labute approximate surface area is 183 Å². The summed E-state index contributed by atoms with van der Waals surface area (Å²) in [4.78, 5) is 17.3. The molecule has 5 heteroatoms. The van der Waals surface area contributed by atoms with E-state index in [4.69, 9.17) is 10.1 Å². The Hall–Kier alpha value is -3.47. The number of nitrogens with zero attached hydrogens (tertiary/aromatic N) is 3. The molecule has 0 spiro atoms. The zero-order chi connectivity index (χ0) is 21.8. The first-order valence-electron chi connectivity index (χ1n) is 10.8. The smallest absolute Gasteiger partial charge is 0.220 e. The molecule has 0 fully saturated rings. The van der Waals surface area contributed by atoms with E-state index in [1.807, 2.05) is 54.8 Å². The Bertz CT molecular complexity index is 1200. The van der Waals surface area contributed by atoms with Gasteiger partial charge in [-0.2, -0.15) is 5.10 Å². The molecular weight excluding hydrogens is 384 g/mol. The SMILES string of the molecule is Cc1nc2c(-c3ccccc3)c(C)nn2c(C)c1CCC(=O)NCCc1ccccc1. The quantitative estimate of drug-likeness (QED) is 0.482. The fourth-order valence-corrected chi connectivity index (χ4v) is 4.09. The normalized spacial score (nSPS) is 11.1. The molecule has 2 heterocycles. The fraction of sp³-hybridized carbons (Fsp3) is 0.269. The van der Waals surface area contributed by atoms with Gasteiger partial charge in [0.2, 0.25) is 5.91 Å². The van der Waals surface area contributed by atoms with Crippen LogP contribution in [-0.4, -0.2) is 27.0 Å². The molecule has 31 heavy (non-hydrogen) atoms. The van der Waals surface area contributed by atoms with E-state index in [9.17, 15) is 4.79 Å². The summed E-state index contributed by atoms with van der Waals surface area (Å²) in [5, 5.41) is 7.79. The summed E-state index contributed by atoms with van der Waals surface area (Å²) >= 11 is 0. The number of nitrogens with one attached hydrogen (secondary N) is 1. The molecule has 0 aliphatic heterocycles. The molecule has 1 N–H and O–H groups in total. The molecule has 0 saturated carbocycles. The highest BCUT2D eigenvalue weighted by Crippen LogP contribution is 2.29. The molecule has 0 radical (unpaired) electrons. The van der Waals surface area contributed by atoms with Gasteiger partial charge in [0.15, 0.2) is 5.65 Å². The summed E-state index contributed by atoms with van der Waals surface area (Å²) in [6.07, 6.45) is 1.93. The molecule has 0 saturated heterocycles. The van der Waals surface area contributed by atoms with Gasteiger partial charge < -0.3 is 5.32 Å². The van der Waals surface area contributed by atoms with Crippen molar-refractivity contribution in [3.63, 3.8) is 0 Å². The Morgan fingerprint density at radius 1 is 0.903 bits per heavy atom. The molecular formula is C26H28N4O. The van der Waals surface area contributed by atoms with Gasteiger partial charge in [-0.05, 0) is 50.3 Å². The van der Waals surface area contributed by atoms with Crippen LogP contribution in [0.5, 0.6) is 0 Å². The molecule has 0 bridgehead atoms. The van der Waals surface area contributed by atoms with Gasteiger partial charge in [-0.15, -0.1) is 0 Å². The van der Waals surface area contributed by atoms with Crippen LogP contribution in [0.15, 0.2) is 60.7 Å². The molecule has 0 aliphatic rings. The van der Waals surface area contributed by atoms with Crippen LogP contribution in [0.4, 0.5) is 0 Å². The third kappa shape index (κ3) is 4.50.